The zero-order chi connectivity index (χ0) is 12.8. The van der Waals surface area contributed by atoms with Crippen molar-refractivity contribution in [1.82, 2.24) is 10.2 Å². The molecule has 1 atom stereocenters. The number of hydrogen-bond donors (Lipinski definition) is 1. The van der Waals surface area contributed by atoms with Crippen molar-refractivity contribution in [1.29, 1.82) is 0 Å². The van der Waals surface area contributed by atoms with Crippen molar-refractivity contribution >= 4 is 5.91 Å². The van der Waals surface area contributed by atoms with Crippen molar-refractivity contribution in [2.75, 3.05) is 20.1 Å². The van der Waals surface area contributed by atoms with Crippen LogP contribution in [0.1, 0.15) is 37.8 Å². The molecule has 0 saturated heterocycles. The van der Waals surface area contributed by atoms with E-state index < -0.39 is 0 Å². The first-order valence-corrected chi connectivity index (χ1v) is 6.08. The highest BCUT2D eigenvalue weighted by Gasteiger charge is 2.10. The van der Waals surface area contributed by atoms with Gasteiger partial charge in [-0.05, 0) is 32.9 Å². The standard InChI is InChI=1S/C13H22N2O2/c1-5-15(4)13(16)8-9-14-11(3)12-7-6-10(2)17-12/h6-7,11,14H,5,8-9H2,1-4H3/t11-/m0/s1. The summed E-state index contributed by atoms with van der Waals surface area (Å²) in [6.07, 6.45) is 0.522. The summed E-state index contributed by atoms with van der Waals surface area (Å²) < 4.78 is 5.51. The second-order valence-corrected chi connectivity index (χ2v) is 4.28. The zero-order valence-corrected chi connectivity index (χ0v) is 11.1. The first-order valence-electron chi connectivity index (χ1n) is 6.08. The highest BCUT2D eigenvalue weighted by atomic mass is 16.3. The molecule has 0 aliphatic rings. The number of amides is 1. The number of carbonyl (C=O) groups excluding carboxylic acids is 1. The molecule has 17 heavy (non-hydrogen) atoms. The molecular weight excluding hydrogens is 216 g/mol. The molecule has 0 aromatic carbocycles. The second-order valence-electron chi connectivity index (χ2n) is 4.28. The van der Waals surface area contributed by atoms with Gasteiger partial charge in [-0.1, -0.05) is 0 Å². The van der Waals surface area contributed by atoms with E-state index in [1.54, 1.807) is 4.90 Å². The smallest absolute Gasteiger partial charge is 0.223 e. The number of nitrogens with zero attached hydrogens (tertiary/aromatic N) is 1. The van der Waals surface area contributed by atoms with Gasteiger partial charge in [-0.15, -0.1) is 0 Å². The lowest BCUT2D eigenvalue weighted by Gasteiger charge is -2.16. The van der Waals surface area contributed by atoms with Crippen LogP contribution in [0.25, 0.3) is 0 Å². The van der Waals surface area contributed by atoms with E-state index in [0.29, 0.717) is 13.0 Å². The first kappa shape index (κ1) is 13.8. The summed E-state index contributed by atoms with van der Waals surface area (Å²) in [7, 11) is 1.82. The lowest BCUT2D eigenvalue weighted by Crippen LogP contribution is -2.30. The summed E-state index contributed by atoms with van der Waals surface area (Å²) in [5.74, 6) is 2.00. The normalized spacial score (nSPS) is 12.5. The van der Waals surface area contributed by atoms with E-state index in [1.807, 2.05) is 40.0 Å². The first-order chi connectivity index (χ1) is 8.04. The number of hydrogen-bond acceptors (Lipinski definition) is 3. The molecule has 0 saturated carbocycles. The average molecular weight is 238 g/mol. The minimum absolute atomic E-state index is 0.142. The fourth-order valence-electron chi connectivity index (χ4n) is 1.55. The number of carbonyl (C=O) groups is 1. The highest BCUT2D eigenvalue weighted by Crippen LogP contribution is 2.15. The molecular formula is C13H22N2O2. The van der Waals surface area contributed by atoms with Crippen LogP contribution in [-0.2, 0) is 4.79 Å². The fraction of sp³-hybridized carbons (Fsp3) is 0.615. The maximum absolute atomic E-state index is 11.6. The molecule has 1 rings (SSSR count). The Hall–Kier alpha value is -1.29. The third kappa shape index (κ3) is 4.23. The minimum Gasteiger partial charge on any atom is -0.465 e. The summed E-state index contributed by atoms with van der Waals surface area (Å²) in [6, 6.07) is 4.06. The Bertz CT molecular complexity index is 360. The molecule has 4 heteroatoms. The van der Waals surface area contributed by atoms with Gasteiger partial charge in [0, 0.05) is 26.6 Å². The van der Waals surface area contributed by atoms with Gasteiger partial charge in [0.05, 0.1) is 6.04 Å². The third-order valence-corrected chi connectivity index (χ3v) is 2.88. The molecule has 0 aliphatic heterocycles. The van der Waals surface area contributed by atoms with Crippen molar-refractivity contribution in [3.05, 3.63) is 23.7 Å². The van der Waals surface area contributed by atoms with Crippen LogP contribution in [0.5, 0.6) is 0 Å². The predicted molar refractivity (Wildman–Crippen MR) is 67.8 cm³/mol. The minimum atomic E-state index is 0.142. The molecule has 0 radical (unpaired) electrons. The molecule has 0 spiro atoms. The van der Waals surface area contributed by atoms with Crippen LogP contribution in [0.4, 0.5) is 0 Å². The van der Waals surface area contributed by atoms with Crippen molar-refractivity contribution in [3.8, 4) is 0 Å². The Balaban J connectivity index is 2.29. The number of aryl methyl sites for hydroxylation is 1. The molecule has 1 amide bonds. The lowest BCUT2D eigenvalue weighted by molar-refractivity contribution is -0.129. The van der Waals surface area contributed by atoms with Crippen LogP contribution in [0, 0.1) is 6.92 Å². The molecule has 1 aromatic rings. The van der Waals surface area contributed by atoms with E-state index in [0.717, 1.165) is 18.1 Å². The average Bonchev–Trinajstić information content (AvgIpc) is 2.74. The summed E-state index contributed by atoms with van der Waals surface area (Å²) in [5, 5.41) is 3.28. The Kier molecular flexibility index (Phi) is 5.22. The monoisotopic (exact) mass is 238 g/mol. The summed E-state index contributed by atoms with van der Waals surface area (Å²) in [4.78, 5) is 13.3. The second kappa shape index (κ2) is 6.45. The predicted octanol–water partition coefficient (Wildman–Crippen LogP) is 2.11. The Morgan fingerprint density at radius 3 is 2.76 bits per heavy atom. The van der Waals surface area contributed by atoms with Crippen LogP contribution in [-0.4, -0.2) is 30.9 Å². The molecule has 0 unspecified atom stereocenters. The van der Waals surface area contributed by atoms with Gasteiger partial charge in [0.1, 0.15) is 11.5 Å². The van der Waals surface area contributed by atoms with Crippen LogP contribution in [0.2, 0.25) is 0 Å². The molecule has 0 aliphatic carbocycles. The van der Waals surface area contributed by atoms with Gasteiger partial charge in [-0.25, -0.2) is 0 Å². The summed E-state index contributed by atoms with van der Waals surface area (Å²) in [5.41, 5.74) is 0. The number of nitrogens with one attached hydrogen (secondary N) is 1. The Labute approximate surface area is 103 Å². The van der Waals surface area contributed by atoms with Gasteiger partial charge in [0.2, 0.25) is 5.91 Å². The maximum Gasteiger partial charge on any atom is 0.223 e. The van der Waals surface area contributed by atoms with E-state index in [-0.39, 0.29) is 11.9 Å². The van der Waals surface area contributed by atoms with Gasteiger partial charge >= 0.3 is 0 Å². The fourth-order valence-corrected chi connectivity index (χ4v) is 1.55. The topological polar surface area (TPSA) is 45.5 Å². The number of furan rings is 1. The van der Waals surface area contributed by atoms with Gasteiger partial charge in [0.25, 0.3) is 0 Å². The molecule has 1 heterocycles. The molecule has 0 bridgehead atoms. The molecule has 96 valence electrons. The Morgan fingerprint density at radius 1 is 1.53 bits per heavy atom. The van der Waals surface area contributed by atoms with Crippen LogP contribution >= 0.6 is 0 Å². The van der Waals surface area contributed by atoms with E-state index in [4.69, 9.17) is 4.42 Å². The van der Waals surface area contributed by atoms with Gasteiger partial charge < -0.3 is 14.6 Å². The summed E-state index contributed by atoms with van der Waals surface area (Å²) in [6.45, 7) is 7.36. The molecule has 1 N–H and O–H groups in total. The lowest BCUT2D eigenvalue weighted by atomic mass is 10.2. The maximum atomic E-state index is 11.6. The van der Waals surface area contributed by atoms with Crippen LogP contribution < -0.4 is 5.32 Å². The summed E-state index contributed by atoms with van der Waals surface area (Å²) >= 11 is 0. The van der Waals surface area contributed by atoms with Crippen LogP contribution in [0.3, 0.4) is 0 Å². The van der Waals surface area contributed by atoms with Crippen molar-refractivity contribution in [2.45, 2.75) is 33.2 Å². The SMILES string of the molecule is CCN(C)C(=O)CCN[C@@H](C)c1ccc(C)o1. The van der Waals surface area contributed by atoms with E-state index >= 15 is 0 Å². The largest absolute Gasteiger partial charge is 0.465 e. The van der Waals surface area contributed by atoms with Crippen LogP contribution in [0.15, 0.2) is 16.5 Å². The van der Waals surface area contributed by atoms with E-state index in [9.17, 15) is 4.79 Å². The van der Waals surface area contributed by atoms with Crippen molar-refractivity contribution < 1.29 is 9.21 Å². The third-order valence-electron chi connectivity index (χ3n) is 2.88. The molecule has 4 nitrogen and oxygen atoms in total. The van der Waals surface area contributed by atoms with Crippen molar-refractivity contribution in [3.63, 3.8) is 0 Å². The van der Waals surface area contributed by atoms with Gasteiger partial charge in [-0.3, -0.25) is 4.79 Å². The molecule has 1 aromatic heterocycles. The zero-order valence-electron chi connectivity index (χ0n) is 11.1. The Morgan fingerprint density at radius 2 is 2.24 bits per heavy atom. The van der Waals surface area contributed by atoms with E-state index in [1.165, 1.54) is 0 Å². The molecule has 0 fully saturated rings. The quantitative estimate of drug-likeness (QED) is 0.825. The van der Waals surface area contributed by atoms with Gasteiger partial charge in [-0.2, -0.15) is 0 Å². The van der Waals surface area contributed by atoms with Gasteiger partial charge in [0.15, 0.2) is 0 Å². The van der Waals surface area contributed by atoms with Crippen molar-refractivity contribution in [2.24, 2.45) is 0 Å². The van der Waals surface area contributed by atoms with E-state index in [2.05, 4.69) is 5.32 Å². The highest BCUT2D eigenvalue weighted by molar-refractivity contribution is 5.75. The number of rotatable bonds is 6.